The number of carbonyl (C=O) groups is 2. The van der Waals surface area contributed by atoms with Crippen LogP contribution in [-0.4, -0.2) is 23.1 Å². The molecule has 0 aliphatic carbocycles. The third-order valence-electron chi connectivity index (χ3n) is 3.55. The molecule has 0 amide bonds. The van der Waals surface area contributed by atoms with E-state index in [0.717, 1.165) is 19.3 Å². The molecule has 1 atom stereocenters. The number of halogens is 2. The molecule has 1 rings (SSSR count). The van der Waals surface area contributed by atoms with Crippen LogP contribution in [0.1, 0.15) is 67.7 Å². The van der Waals surface area contributed by atoms with E-state index in [0.29, 0.717) is 4.47 Å². The van der Waals surface area contributed by atoms with E-state index in [-0.39, 0.29) is 27.7 Å². The molecule has 4 nitrogen and oxygen atoms in total. The van der Waals surface area contributed by atoms with E-state index in [2.05, 4.69) is 22.9 Å². The van der Waals surface area contributed by atoms with Gasteiger partial charge in [-0.15, -0.1) is 0 Å². The third-order valence-corrected chi connectivity index (χ3v) is 4.74. The molecule has 0 bridgehead atoms. The Balaban J connectivity index is 3.13. The van der Waals surface area contributed by atoms with Gasteiger partial charge in [-0.05, 0) is 39.9 Å². The number of esters is 1. The van der Waals surface area contributed by atoms with E-state index in [1.165, 1.54) is 12.1 Å². The minimum Gasteiger partial charge on any atom is -0.478 e. The van der Waals surface area contributed by atoms with Gasteiger partial charge in [0.15, 0.2) is 0 Å². The molecule has 23 heavy (non-hydrogen) atoms. The smallest absolute Gasteiger partial charge is 0.339 e. The summed E-state index contributed by atoms with van der Waals surface area (Å²) in [6.45, 7) is 8.06. The van der Waals surface area contributed by atoms with Crippen molar-refractivity contribution >= 4 is 39.5 Å². The molecule has 1 aromatic rings. The maximum absolute atomic E-state index is 12.5. The summed E-state index contributed by atoms with van der Waals surface area (Å²) < 4.78 is 6.08. The van der Waals surface area contributed by atoms with E-state index in [9.17, 15) is 14.7 Å². The highest BCUT2D eigenvalue weighted by molar-refractivity contribution is 9.10. The number of unbranched alkanes of at least 4 members (excludes halogenated alkanes) is 1. The largest absolute Gasteiger partial charge is 0.478 e. The van der Waals surface area contributed by atoms with Gasteiger partial charge in [-0.1, -0.05) is 52.1 Å². The summed E-state index contributed by atoms with van der Waals surface area (Å²) in [6.07, 6.45) is 2.39. The predicted octanol–water partition coefficient (Wildman–Crippen LogP) is 5.56. The van der Waals surface area contributed by atoms with Crippen LogP contribution in [0.25, 0.3) is 0 Å². The molecule has 1 unspecified atom stereocenters. The molecular weight excluding hydrogens is 384 g/mol. The van der Waals surface area contributed by atoms with Crippen LogP contribution in [0, 0.1) is 5.41 Å². The summed E-state index contributed by atoms with van der Waals surface area (Å²) in [5.41, 5.74) is -0.386. The first-order valence-electron chi connectivity index (χ1n) is 7.51. The van der Waals surface area contributed by atoms with Gasteiger partial charge in [0.2, 0.25) is 0 Å². The standard InChI is InChI=1S/C17H22BrClO4/c1-5-6-7-14(17(2,3)4)23-16(22)11-8-12(18)13(19)9-10(11)15(20)21/h8-9,14H,5-7H2,1-4H3,(H,20,21). The van der Waals surface area contributed by atoms with Gasteiger partial charge in [0, 0.05) is 4.47 Å². The summed E-state index contributed by atoms with van der Waals surface area (Å²) in [6, 6.07) is 2.65. The number of hydrogen-bond donors (Lipinski definition) is 1. The van der Waals surface area contributed by atoms with Gasteiger partial charge in [0.05, 0.1) is 16.1 Å². The zero-order chi connectivity index (χ0) is 17.8. The monoisotopic (exact) mass is 404 g/mol. The molecule has 6 heteroatoms. The topological polar surface area (TPSA) is 63.6 Å². The van der Waals surface area contributed by atoms with Gasteiger partial charge in [-0.2, -0.15) is 0 Å². The number of ether oxygens (including phenoxy) is 1. The Labute approximate surface area is 150 Å². The first kappa shape index (κ1) is 20.0. The number of hydrogen-bond acceptors (Lipinski definition) is 3. The van der Waals surface area contributed by atoms with Crippen LogP contribution < -0.4 is 0 Å². The number of carboxylic acids is 1. The van der Waals surface area contributed by atoms with E-state index >= 15 is 0 Å². The van der Waals surface area contributed by atoms with Gasteiger partial charge in [-0.25, -0.2) is 9.59 Å². The molecule has 0 saturated carbocycles. The van der Waals surface area contributed by atoms with E-state index < -0.39 is 11.9 Å². The second kappa shape index (κ2) is 8.15. The summed E-state index contributed by atoms with van der Waals surface area (Å²) >= 11 is 9.13. The van der Waals surface area contributed by atoms with Gasteiger partial charge in [0.25, 0.3) is 0 Å². The molecule has 0 saturated heterocycles. The lowest BCUT2D eigenvalue weighted by Crippen LogP contribution is -2.32. The number of rotatable bonds is 6. The van der Waals surface area contributed by atoms with Crippen LogP contribution in [0.2, 0.25) is 5.02 Å². The van der Waals surface area contributed by atoms with Crippen LogP contribution in [0.15, 0.2) is 16.6 Å². The molecule has 128 valence electrons. The Morgan fingerprint density at radius 2 is 1.91 bits per heavy atom. The van der Waals surface area contributed by atoms with Crippen molar-refractivity contribution in [3.05, 3.63) is 32.8 Å². The van der Waals surface area contributed by atoms with Crippen LogP contribution in [0.5, 0.6) is 0 Å². The SMILES string of the molecule is CCCCC(OC(=O)c1cc(Br)c(Cl)cc1C(=O)O)C(C)(C)C. The number of aromatic carboxylic acids is 1. The Morgan fingerprint density at radius 1 is 1.30 bits per heavy atom. The average Bonchev–Trinajstić information content (AvgIpc) is 2.44. The Bertz CT molecular complexity index is 593. The summed E-state index contributed by atoms with van der Waals surface area (Å²) in [5.74, 6) is -1.86. The molecule has 0 spiro atoms. The van der Waals surface area contributed by atoms with Gasteiger partial charge < -0.3 is 9.84 Å². The van der Waals surface area contributed by atoms with Crippen LogP contribution in [0.3, 0.4) is 0 Å². The Kier molecular flexibility index (Phi) is 7.08. The van der Waals surface area contributed by atoms with Crippen molar-refractivity contribution in [1.29, 1.82) is 0 Å². The Hall–Kier alpha value is -1.07. The van der Waals surface area contributed by atoms with Gasteiger partial charge in [0.1, 0.15) is 6.10 Å². The Morgan fingerprint density at radius 3 is 2.39 bits per heavy atom. The minimum absolute atomic E-state index is 0.000441. The van der Waals surface area contributed by atoms with Crippen LogP contribution >= 0.6 is 27.5 Å². The quantitative estimate of drug-likeness (QED) is 0.629. The molecule has 1 N–H and O–H groups in total. The average molecular weight is 406 g/mol. The minimum atomic E-state index is -1.22. The summed E-state index contributed by atoms with van der Waals surface area (Å²) in [5, 5.41) is 9.52. The lowest BCUT2D eigenvalue weighted by atomic mass is 9.86. The fourth-order valence-corrected chi connectivity index (χ4v) is 2.65. The molecule has 0 aliphatic rings. The lowest BCUT2D eigenvalue weighted by Gasteiger charge is -2.30. The summed E-state index contributed by atoms with van der Waals surface area (Å²) in [4.78, 5) is 23.9. The fourth-order valence-electron chi connectivity index (χ4n) is 2.14. The van der Waals surface area contributed by atoms with Crippen LogP contribution in [-0.2, 0) is 4.74 Å². The van der Waals surface area contributed by atoms with Crippen molar-refractivity contribution in [1.82, 2.24) is 0 Å². The zero-order valence-corrected chi connectivity index (χ0v) is 16.1. The molecule has 0 aliphatic heterocycles. The van der Waals surface area contributed by atoms with Crippen LogP contribution in [0.4, 0.5) is 0 Å². The maximum atomic E-state index is 12.5. The molecule has 0 aromatic heterocycles. The number of carboxylic acid groups (broad SMARTS) is 1. The van der Waals surface area contributed by atoms with Gasteiger partial charge in [-0.3, -0.25) is 0 Å². The molecule has 0 heterocycles. The number of carbonyl (C=O) groups excluding carboxylic acids is 1. The van der Waals surface area contributed by atoms with Crippen molar-refractivity contribution < 1.29 is 19.4 Å². The van der Waals surface area contributed by atoms with E-state index in [1.807, 2.05) is 20.8 Å². The van der Waals surface area contributed by atoms with Crippen molar-refractivity contribution in [3.63, 3.8) is 0 Å². The van der Waals surface area contributed by atoms with Crippen molar-refractivity contribution in [2.45, 2.75) is 53.1 Å². The lowest BCUT2D eigenvalue weighted by molar-refractivity contribution is -0.00697. The normalized spacial score (nSPS) is 12.8. The second-order valence-electron chi connectivity index (χ2n) is 6.52. The third kappa shape index (κ3) is 5.50. The predicted molar refractivity (Wildman–Crippen MR) is 94.3 cm³/mol. The van der Waals surface area contributed by atoms with Crippen molar-refractivity contribution in [3.8, 4) is 0 Å². The summed E-state index contributed by atoms with van der Waals surface area (Å²) in [7, 11) is 0. The van der Waals surface area contributed by atoms with E-state index in [4.69, 9.17) is 16.3 Å². The van der Waals surface area contributed by atoms with Gasteiger partial charge >= 0.3 is 11.9 Å². The molecule has 1 aromatic carbocycles. The highest BCUT2D eigenvalue weighted by atomic mass is 79.9. The highest BCUT2D eigenvalue weighted by Gasteiger charge is 2.30. The van der Waals surface area contributed by atoms with Crippen molar-refractivity contribution in [2.75, 3.05) is 0 Å². The molecule has 0 radical (unpaired) electrons. The highest BCUT2D eigenvalue weighted by Crippen LogP contribution is 2.30. The van der Waals surface area contributed by atoms with Crippen molar-refractivity contribution in [2.24, 2.45) is 5.41 Å². The number of benzene rings is 1. The first-order valence-corrected chi connectivity index (χ1v) is 8.68. The molecular formula is C17H22BrClO4. The fraction of sp³-hybridized carbons (Fsp3) is 0.529. The zero-order valence-electron chi connectivity index (χ0n) is 13.8. The second-order valence-corrected chi connectivity index (χ2v) is 7.78. The molecule has 0 fully saturated rings. The maximum Gasteiger partial charge on any atom is 0.339 e. The van der Waals surface area contributed by atoms with E-state index in [1.54, 1.807) is 0 Å². The first-order chi connectivity index (χ1) is 10.6.